The number of hydrogen-bond donors (Lipinski definition) is 0. The van der Waals surface area contributed by atoms with E-state index in [2.05, 4.69) is 15.0 Å². The van der Waals surface area contributed by atoms with Gasteiger partial charge in [0.25, 0.3) is 5.88 Å². The van der Waals surface area contributed by atoms with Gasteiger partial charge >= 0.3 is 0 Å². The molecule has 0 aliphatic carbocycles. The zero-order valence-corrected chi connectivity index (χ0v) is 8.91. The lowest BCUT2D eigenvalue weighted by molar-refractivity contribution is 0.111. The van der Waals surface area contributed by atoms with Gasteiger partial charge in [0.1, 0.15) is 12.0 Å². The van der Waals surface area contributed by atoms with Crippen molar-refractivity contribution in [2.24, 2.45) is 0 Å². The standard InChI is InChI=1S/C10H10N4O2/c1-7-4-14(6-12-7)9-10(16-2)13-8(5-15)3-11-9/h3-6H,1-2H3. The number of imidazole rings is 1. The van der Waals surface area contributed by atoms with Gasteiger partial charge < -0.3 is 4.74 Å². The summed E-state index contributed by atoms with van der Waals surface area (Å²) in [6.45, 7) is 1.87. The molecule has 0 spiro atoms. The lowest BCUT2D eigenvalue weighted by atomic mass is 10.5. The average Bonchev–Trinajstić information content (AvgIpc) is 2.74. The monoisotopic (exact) mass is 218 g/mol. The van der Waals surface area contributed by atoms with Gasteiger partial charge in [-0.25, -0.2) is 15.0 Å². The van der Waals surface area contributed by atoms with Crippen LogP contribution >= 0.6 is 0 Å². The molecular weight excluding hydrogens is 208 g/mol. The Hall–Kier alpha value is -2.24. The summed E-state index contributed by atoms with van der Waals surface area (Å²) in [4.78, 5) is 22.7. The van der Waals surface area contributed by atoms with E-state index < -0.39 is 0 Å². The molecule has 6 heteroatoms. The summed E-state index contributed by atoms with van der Waals surface area (Å²) in [5, 5.41) is 0. The molecule has 16 heavy (non-hydrogen) atoms. The van der Waals surface area contributed by atoms with Gasteiger partial charge in [0.15, 0.2) is 6.29 Å². The van der Waals surface area contributed by atoms with Crippen LogP contribution in [0.1, 0.15) is 16.2 Å². The highest BCUT2D eigenvalue weighted by Crippen LogP contribution is 2.17. The van der Waals surface area contributed by atoms with E-state index in [-0.39, 0.29) is 5.69 Å². The number of rotatable bonds is 3. The molecule has 0 amide bonds. The number of aryl methyl sites for hydroxylation is 1. The molecular formula is C10H10N4O2. The fourth-order valence-corrected chi connectivity index (χ4v) is 1.29. The maximum Gasteiger partial charge on any atom is 0.258 e. The Morgan fingerprint density at radius 3 is 2.81 bits per heavy atom. The molecule has 0 radical (unpaired) electrons. The van der Waals surface area contributed by atoms with Gasteiger partial charge in [-0.3, -0.25) is 9.36 Å². The van der Waals surface area contributed by atoms with Crippen molar-refractivity contribution >= 4 is 6.29 Å². The van der Waals surface area contributed by atoms with Gasteiger partial charge in [0.05, 0.1) is 19.0 Å². The number of carbonyl (C=O) groups is 1. The summed E-state index contributed by atoms with van der Waals surface area (Å²) in [5.74, 6) is 0.802. The van der Waals surface area contributed by atoms with E-state index in [1.54, 1.807) is 17.1 Å². The molecule has 2 heterocycles. The van der Waals surface area contributed by atoms with Crippen LogP contribution in [0.3, 0.4) is 0 Å². The van der Waals surface area contributed by atoms with Crippen LogP contribution < -0.4 is 4.74 Å². The summed E-state index contributed by atoms with van der Waals surface area (Å²) >= 11 is 0. The van der Waals surface area contributed by atoms with Crippen molar-refractivity contribution in [3.05, 3.63) is 30.1 Å². The zero-order valence-electron chi connectivity index (χ0n) is 8.91. The number of carbonyl (C=O) groups excluding carboxylic acids is 1. The highest BCUT2D eigenvalue weighted by molar-refractivity contribution is 5.71. The Labute approximate surface area is 91.9 Å². The smallest absolute Gasteiger partial charge is 0.258 e. The molecule has 2 rings (SSSR count). The van der Waals surface area contributed by atoms with Crippen molar-refractivity contribution in [2.45, 2.75) is 6.92 Å². The largest absolute Gasteiger partial charge is 0.478 e. The Balaban J connectivity index is 2.52. The van der Waals surface area contributed by atoms with Crippen LogP contribution in [-0.2, 0) is 0 Å². The van der Waals surface area contributed by atoms with E-state index in [1.807, 2.05) is 6.92 Å². The quantitative estimate of drug-likeness (QED) is 0.712. The van der Waals surface area contributed by atoms with Crippen molar-refractivity contribution in [3.8, 4) is 11.7 Å². The Morgan fingerprint density at radius 1 is 1.44 bits per heavy atom. The van der Waals surface area contributed by atoms with E-state index in [0.717, 1.165) is 5.69 Å². The Morgan fingerprint density at radius 2 is 2.25 bits per heavy atom. The molecule has 0 saturated heterocycles. The predicted octanol–water partition coefficient (Wildman–Crippen LogP) is 0.792. The van der Waals surface area contributed by atoms with Crippen molar-refractivity contribution in [2.75, 3.05) is 7.11 Å². The van der Waals surface area contributed by atoms with E-state index in [1.165, 1.54) is 13.3 Å². The summed E-state index contributed by atoms with van der Waals surface area (Å²) in [6, 6.07) is 0. The number of hydrogen-bond acceptors (Lipinski definition) is 5. The van der Waals surface area contributed by atoms with Crippen LogP contribution in [-0.4, -0.2) is 32.9 Å². The van der Waals surface area contributed by atoms with Crippen molar-refractivity contribution in [1.82, 2.24) is 19.5 Å². The molecule has 0 saturated carbocycles. The third-order valence-electron chi connectivity index (χ3n) is 2.01. The lowest BCUT2D eigenvalue weighted by Gasteiger charge is -2.06. The molecule has 2 aromatic rings. The average molecular weight is 218 g/mol. The summed E-state index contributed by atoms with van der Waals surface area (Å²) in [6.07, 6.45) is 5.42. The SMILES string of the molecule is COc1nc(C=O)cnc1-n1cnc(C)c1. The highest BCUT2D eigenvalue weighted by atomic mass is 16.5. The van der Waals surface area contributed by atoms with Crippen molar-refractivity contribution in [3.63, 3.8) is 0 Å². The highest BCUT2D eigenvalue weighted by Gasteiger charge is 2.10. The molecule has 0 bridgehead atoms. The first kappa shape index (κ1) is 10.3. The first-order valence-corrected chi connectivity index (χ1v) is 4.61. The van der Waals surface area contributed by atoms with E-state index >= 15 is 0 Å². The van der Waals surface area contributed by atoms with Crippen molar-refractivity contribution in [1.29, 1.82) is 0 Å². The normalized spacial score (nSPS) is 10.1. The molecule has 0 N–H and O–H groups in total. The van der Waals surface area contributed by atoms with Crippen molar-refractivity contribution < 1.29 is 9.53 Å². The molecule has 0 aliphatic rings. The molecule has 82 valence electrons. The predicted molar refractivity (Wildman–Crippen MR) is 55.8 cm³/mol. The van der Waals surface area contributed by atoms with Crippen LogP contribution in [0.4, 0.5) is 0 Å². The zero-order chi connectivity index (χ0) is 11.5. The minimum Gasteiger partial charge on any atom is -0.478 e. The number of nitrogens with zero attached hydrogens (tertiary/aromatic N) is 4. The summed E-state index contributed by atoms with van der Waals surface area (Å²) in [5.41, 5.74) is 1.10. The third kappa shape index (κ3) is 1.77. The first-order valence-electron chi connectivity index (χ1n) is 4.61. The summed E-state index contributed by atoms with van der Waals surface area (Å²) in [7, 11) is 1.48. The molecule has 0 aliphatic heterocycles. The number of methoxy groups -OCH3 is 1. The molecule has 2 aromatic heterocycles. The Bertz CT molecular complexity index is 521. The summed E-state index contributed by atoms with van der Waals surface area (Å²) < 4.78 is 6.76. The van der Waals surface area contributed by atoms with E-state index in [0.29, 0.717) is 18.0 Å². The first-order chi connectivity index (χ1) is 7.74. The fourth-order valence-electron chi connectivity index (χ4n) is 1.29. The molecule has 0 unspecified atom stereocenters. The van der Waals surface area contributed by atoms with Gasteiger partial charge in [-0.05, 0) is 6.92 Å². The van der Waals surface area contributed by atoms with Gasteiger partial charge in [-0.15, -0.1) is 0 Å². The van der Waals surface area contributed by atoms with E-state index in [9.17, 15) is 4.79 Å². The fraction of sp³-hybridized carbons (Fsp3) is 0.200. The minimum atomic E-state index is 0.234. The van der Waals surface area contributed by atoms with Crippen LogP contribution in [0.2, 0.25) is 0 Å². The van der Waals surface area contributed by atoms with Gasteiger partial charge in [0, 0.05) is 6.20 Å². The third-order valence-corrected chi connectivity index (χ3v) is 2.01. The molecule has 0 atom stereocenters. The van der Waals surface area contributed by atoms with Crippen LogP contribution in [0.15, 0.2) is 18.7 Å². The molecule has 6 nitrogen and oxygen atoms in total. The number of aromatic nitrogens is 4. The topological polar surface area (TPSA) is 69.9 Å². The van der Waals surface area contributed by atoms with Crippen LogP contribution in [0.25, 0.3) is 5.82 Å². The second-order valence-electron chi connectivity index (χ2n) is 3.17. The number of aldehydes is 1. The van der Waals surface area contributed by atoms with Gasteiger partial charge in [0.2, 0.25) is 5.82 Å². The second kappa shape index (κ2) is 4.09. The van der Waals surface area contributed by atoms with Crippen LogP contribution in [0, 0.1) is 6.92 Å². The number of ether oxygens (including phenoxy) is 1. The second-order valence-corrected chi connectivity index (χ2v) is 3.17. The maximum absolute atomic E-state index is 10.5. The van der Waals surface area contributed by atoms with E-state index in [4.69, 9.17) is 4.74 Å². The van der Waals surface area contributed by atoms with Gasteiger partial charge in [-0.2, -0.15) is 0 Å². The minimum absolute atomic E-state index is 0.234. The van der Waals surface area contributed by atoms with Gasteiger partial charge in [-0.1, -0.05) is 0 Å². The maximum atomic E-state index is 10.5. The lowest BCUT2D eigenvalue weighted by Crippen LogP contribution is -2.03. The molecule has 0 fully saturated rings. The molecule has 0 aromatic carbocycles. The Kier molecular flexibility index (Phi) is 2.63. The van der Waals surface area contributed by atoms with Crippen LogP contribution in [0.5, 0.6) is 5.88 Å².